The van der Waals surface area contributed by atoms with E-state index in [1.54, 1.807) is 0 Å². The van der Waals surface area contributed by atoms with Gasteiger partial charge in [-0.25, -0.2) is 9.69 Å². The van der Waals surface area contributed by atoms with Gasteiger partial charge in [-0.1, -0.05) is 13.8 Å². The molecule has 0 bridgehead atoms. The van der Waals surface area contributed by atoms with Crippen LogP contribution in [-0.2, 0) is 19.1 Å². The fourth-order valence-electron chi connectivity index (χ4n) is 2.14. The van der Waals surface area contributed by atoms with Crippen molar-refractivity contribution in [2.45, 2.75) is 51.7 Å². The van der Waals surface area contributed by atoms with Crippen molar-refractivity contribution in [3.63, 3.8) is 0 Å². The molecule has 0 aromatic rings. The molecular weight excluding hydrogens is 384 g/mol. The van der Waals surface area contributed by atoms with Crippen molar-refractivity contribution in [2.75, 3.05) is 19.8 Å². The number of imide groups is 1. The summed E-state index contributed by atoms with van der Waals surface area (Å²) in [5.74, 6) is -1.74. The molecule has 0 rings (SSSR count). The summed E-state index contributed by atoms with van der Waals surface area (Å²) in [7, 11) is 0. The zero-order chi connectivity index (χ0) is 22.6. The van der Waals surface area contributed by atoms with Crippen molar-refractivity contribution in [1.82, 2.24) is 10.2 Å². The van der Waals surface area contributed by atoms with Crippen LogP contribution in [0.15, 0.2) is 4.99 Å². The van der Waals surface area contributed by atoms with Crippen LogP contribution in [-0.4, -0.2) is 78.0 Å². The molecule has 29 heavy (non-hydrogen) atoms. The Labute approximate surface area is 169 Å². The SMILES string of the molecule is CC(C)COC(=O)N(C(=O)[C@H](C)NC(=O)[C@H](N)CO)[C@H](C=O)CCCN=C(N)N. The number of hydrogen-bond acceptors (Lipinski definition) is 8. The molecule has 3 atom stereocenters. The van der Waals surface area contributed by atoms with E-state index in [0.29, 0.717) is 17.6 Å². The topological polar surface area (TPSA) is 203 Å². The molecular formula is C17H32N6O6. The summed E-state index contributed by atoms with van der Waals surface area (Å²) in [6.07, 6.45) is -0.147. The molecule has 0 spiro atoms. The Bertz CT molecular complexity index is 593. The first kappa shape index (κ1) is 26.3. The van der Waals surface area contributed by atoms with Gasteiger partial charge in [-0.15, -0.1) is 0 Å². The lowest BCUT2D eigenvalue weighted by atomic mass is 10.1. The summed E-state index contributed by atoms with van der Waals surface area (Å²) < 4.78 is 5.10. The number of aliphatic imine (C=N–C) groups is 1. The van der Waals surface area contributed by atoms with E-state index in [4.69, 9.17) is 27.0 Å². The van der Waals surface area contributed by atoms with Crippen molar-refractivity contribution in [2.24, 2.45) is 28.1 Å². The molecule has 0 radical (unpaired) electrons. The van der Waals surface area contributed by atoms with Gasteiger partial charge in [-0.3, -0.25) is 14.6 Å². The Balaban J connectivity index is 5.39. The molecule has 8 N–H and O–H groups in total. The first-order chi connectivity index (χ1) is 13.5. The minimum atomic E-state index is -1.23. The van der Waals surface area contributed by atoms with Gasteiger partial charge < -0.3 is 37.2 Å². The number of aldehydes is 1. The number of amides is 3. The van der Waals surface area contributed by atoms with Gasteiger partial charge in [0.15, 0.2) is 5.96 Å². The number of aliphatic hydroxyl groups is 1. The Morgan fingerprint density at radius 2 is 1.86 bits per heavy atom. The normalized spacial score (nSPS) is 13.7. The second-order valence-corrected chi connectivity index (χ2v) is 6.85. The molecule has 166 valence electrons. The average molecular weight is 416 g/mol. The predicted octanol–water partition coefficient (Wildman–Crippen LogP) is -1.95. The molecule has 0 aromatic carbocycles. The third kappa shape index (κ3) is 9.85. The predicted molar refractivity (Wildman–Crippen MR) is 105 cm³/mol. The Kier molecular flexibility index (Phi) is 12.2. The van der Waals surface area contributed by atoms with E-state index in [2.05, 4.69) is 10.3 Å². The maximum Gasteiger partial charge on any atom is 0.417 e. The lowest BCUT2D eigenvalue weighted by Crippen LogP contribution is -2.56. The highest BCUT2D eigenvalue weighted by Gasteiger charge is 2.34. The minimum absolute atomic E-state index is 0.00660. The number of guanidine groups is 1. The summed E-state index contributed by atoms with van der Waals surface area (Å²) in [5.41, 5.74) is 15.9. The number of hydrogen-bond donors (Lipinski definition) is 5. The number of rotatable bonds is 12. The van der Waals surface area contributed by atoms with E-state index in [0.717, 1.165) is 0 Å². The fourth-order valence-corrected chi connectivity index (χ4v) is 2.14. The van der Waals surface area contributed by atoms with Crippen molar-refractivity contribution in [3.8, 4) is 0 Å². The molecule has 0 heterocycles. The molecule has 0 aromatic heterocycles. The standard InChI is InChI=1S/C17H32N6O6/c1-10(2)9-29-17(28)23(12(7-24)5-4-6-21-16(19)20)15(27)11(3)22-14(26)13(18)8-25/h7,10-13,25H,4-6,8-9,18H2,1-3H3,(H,22,26)(H4,19,20,21)/t11-,12-,13+/m0/s1. The Morgan fingerprint density at radius 3 is 2.34 bits per heavy atom. The van der Waals surface area contributed by atoms with E-state index in [1.807, 2.05) is 13.8 Å². The van der Waals surface area contributed by atoms with Gasteiger partial charge in [0.2, 0.25) is 5.91 Å². The zero-order valence-electron chi connectivity index (χ0n) is 17.0. The van der Waals surface area contributed by atoms with Gasteiger partial charge in [0.1, 0.15) is 18.4 Å². The molecule has 0 aliphatic heterocycles. The third-order valence-corrected chi connectivity index (χ3v) is 3.68. The minimum Gasteiger partial charge on any atom is -0.449 e. The number of nitrogens with two attached hydrogens (primary N) is 3. The van der Waals surface area contributed by atoms with E-state index < -0.39 is 42.6 Å². The van der Waals surface area contributed by atoms with Gasteiger partial charge in [-0.2, -0.15) is 0 Å². The maximum atomic E-state index is 12.8. The second kappa shape index (κ2) is 13.4. The molecule has 0 saturated heterocycles. The van der Waals surface area contributed by atoms with Gasteiger partial charge >= 0.3 is 6.09 Å². The molecule has 12 heteroatoms. The van der Waals surface area contributed by atoms with E-state index >= 15 is 0 Å². The molecule has 0 unspecified atom stereocenters. The number of carbonyl (C=O) groups is 4. The summed E-state index contributed by atoms with van der Waals surface area (Å²) >= 11 is 0. The lowest BCUT2D eigenvalue weighted by molar-refractivity contribution is -0.138. The van der Waals surface area contributed by atoms with E-state index in [-0.39, 0.29) is 31.4 Å². The van der Waals surface area contributed by atoms with Gasteiger partial charge in [0.25, 0.3) is 5.91 Å². The molecule has 0 aliphatic carbocycles. The molecule has 12 nitrogen and oxygen atoms in total. The molecule has 0 fully saturated rings. The first-order valence-electron chi connectivity index (χ1n) is 9.22. The van der Waals surface area contributed by atoms with Crippen molar-refractivity contribution in [1.29, 1.82) is 0 Å². The van der Waals surface area contributed by atoms with Crippen molar-refractivity contribution < 1.29 is 29.0 Å². The van der Waals surface area contributed by atoms with Crippen LogP contribution in [0.5, 0.6) is 0 Å². The van der Waals surface area contributed by atoms with Crippen LogP contribution in [0.4, 0.5) is 4.79 Å². The van der Waals surface area contributed by atoms with Crippen LogP contribution in [0.2, 0.25) is 0 Å². The van der Waals surface area contributed by atoms with Crippen LogP contribution in [0.1, 0.15) is 33.6 Å². The fraction of sp³-hybridized carbons (Fsp3) is 0.706. The van der Waals surface area contributed by atoms with Crippen LogP contribution >= 0.6 is 0 Å². The van der Waals surface area contributed by atoms with Gasteiger partial charge in [0, 0.05) is 6.54 Å². The number of nitrogens with one attached hydrogen (secondary N) is 1. The summed E-state index contributed by atoms with van der Waals surface area (Å²) in [6, 6.07) is -3.55. The van der Waals surface area contributed by atoms with Crippen LogP contribution in [0.3, 0.4) is 0 Å². The van der Waals surface area contributed by atoms with Crippen molar-refractivity contribution in [3.05, 3.63) is 0 Å². The van der Waals surface area contributed by atoms with Gasteiger partial charge in [-0.05, 0) is 25.7 Å². The Morgan fingerprint density at radius 1 is 1.24 bits per heavy atom. The highest BCUT2D eigenvalue weighted by atomic mass is 16.6. The lowest BCUT2D eigenvalue weighted by Gasteiger charge is -2.29. The van der Waals surface area contributed by atoms with E-state index in [1.165, 1.54) is 6.92 Å². The highest BCUT2D eigenvalue weighted by Crippen LogP contribution is 2.11. The van der Waals surface area contributed by atoms with Crippen LogP contribution in [0, 0.1) is 5.92 Å². The second-order valence-electron chi connectivity index (χ2n) is 6.85. The summed E-state index contributed by atoms with van der Waals surface area (Å²) in [4.78, 5) is 53.2. The van der Waals surface area contributed by atoms with E-state index in [9.17, 15) is 19.2 Å². The number of nitrogens with zero attached hydrogens (tertiary/aromatic N) is 2. The smallest absolute Gasteiger partial charge is 0.417 e. The summed E-state index contributed by atoms with van der Waals surface area (Å²) in [6.45, 7) is 4.57. The first-order valence-corrected chi connectivity index (χ1v) is 9.22. The largest absolute Gasteiger partial charge is 0.449 e. The summed E-state index contributed by atoms with van der Waals surface area (Å²) in [5, 5.41) is 11.2. The number of carbonyl (C=O) groups excluding carboxylic acids is 4. The molecule has 0 saturated carbocycles. The number of ether oxygens (including phenoxy) is 1. The number of aliphatic hydroxyl groups excluding tert-OH is 1. The Hall–Kier alpha value is -2.73. The van der Waals surface area contributed by atoms with Crippen LogP contribution in [0.25, 0.3) is 0 Å². The quantitative estimate of drug-likeness (QED) is 0.104. The van der Waals surface area contributed by atoms with Crippen molar-refractivity contribution >= 4 is 30.2 Å². The van der Waals surface area contributed by atoms with Crippen LogP contribution < -0.4 is 22.5 Å². The average Bonchev–Trinajstić information content (AvgIpc) is 2.66. The monoisotopic (exact) mass is 416 g/mol. The highest BCUT2D eigenvalue weighted by molar-refractivity contribution is 5.99. The maximum absolute atomic E-state index is 12.8. The molecule has 3 amide bonds. The zero-order valence-corrected chi connectivity index (χ0v) is 17.0. The molecule has 0 aliphatic rings. The third-order valence-electron chi connectivity index (χ3n) is 3.68. The van der Waals surface area contributed by atoms with Gasteiger partial charge in [0.05, 0.1) is 19.3 Å².